The van der Waals surface area contributed by atoms with Crippen LogP contribution in [0.5, 0.6) is 5.75 Å². The number of ether oxygens (including phenoxy) is 1. The highest BCUT2D eigenvalue weighted by Crippen LogP contribution is 2.15. The molecule has 0 radical (unpaired) electrons. The molecule has 1 amide bonds. The Kier molecular flexibility index (Phi) is 6.28. The highest BCUT2D eigenvalue weighted by atomic mass is 35.5. The topological polar surface area (TPSA) is 76.5 Å². The molecule has 2 aromatic carbocycles. The molecule has 1 heterocycles. The molecule has 28 heavy (non-hydrogen) atoms. The summed E-state index contributed by atoms with van der Waals surface area (Å²) < 4.78 is 6.98. The number of nitrogens with zero attached hydrogens (tertiary/aromatic N) is 3. The fourth-order valence-electron chi connectivity index (χ4n) is 2.77. The Hall–Kier alpha value is -2.90. The third-order valence-corrected chi connectivity index (χ3v) is 4.49. The predicted octanol–water partition coefficient (Wildman–Crippen LogP) is 2.38. The van der Waals surface area contributed by atoms with E-state index in [2.05, 4.69) is 10.4 Å². The smallest absolute Gasteiger partial charge is 0.275 e. The molecule has 3 rings (SSSR count). The van der Waals surface area contributed by atoms with Gasteiger partial charge in [0.2, 0.25) is 0 Å². The van der Waals surface area contributed by atoms with Crippen molar-refractivity contribution in [3.63, 3.8) is 0 Å². The lowest BCUT2D eigenvalue weighted by molar-refractivity contribution is 0.0955. The van der Waals surface area contributed by atoms with Crippen molar-refractivity contribution in [2.24, 2.45) is 0 Å². The Morgan fingerprint density at radius 1 is 1.18 bits per heavy atom. The lowest BCUT2D eigenvalue weighted by Gasteiger charge is -2.18. The molecule has 0 aliphatic heterocycles. The number of amides is 1. The molecule has 1 aromatic heterocycles. The Morgan fingerprint density at radius 3 is 2.54 bits per heavy atom. The molecular weight excluding hydrogens is 380 g/mol. The Balaban J connectivity index is 1.74. The first-order valence-electron chi connectivity index (χ1n) is 8.78. The van der Waals surface area contributed by atoms with E-state index in [9.17, 15) is 9.59 Å². The maximum absolute atomic E-state index is 12.8. The molecule has 0 fully saturated rings. The van der Waals surface area contributed by atoms with Gasteiger partial charge in [-0.25, -0.2) is 4.68 Å². The fourth-order valence-corrected chi connectivity index (χ4v) is 2.89. The van der Waals surface area contributed by atoms with Gasteiger partial charge in [-0.05, 0) is 37.4 Å². The Morgan fingerprint density at radius 2 is 1.86 bits per heavy atom. The van der Waals surface area contributed by atoms with Gasteiger partial charge in [-0.3, -0.25) is 14.5 Å². The van der Waals surface area contributed by atoms with Crippen LogP contribution in [0.1, 0.15) is 10.5 Å². The van der Waals surface area contributed by atoms with Crippen molar-refractivity contribution in [1.82, 2.24) is 20.0 Å². The Bertz CT molecular complexity index is 1030. The van der Waals surface area contributed by atoms with Gasteiger partial charge < -0.3 is 10.1 Å². The van der Waals surface area contributed by atoms with E-state index >= 15 is 0 Å². The van der Waals surface area contributed by atoms with Crippen LogP contribution in [0.15, 0.2) is 53.3 Å². The zero-order valence-corrected chi connectivity index (χ0v) is 16.4. The third kappa shape index (κ3) is 4.49. The van der Waals surface area contributed by atoms with Crippen LogP contribution < -0.4 is 15.6 Å². The van der Waals surface area contributed by atoms with E-state index in [0.29, 0.717) is 28.9 Å². The molecule has 3 aromatic rings. The van der Waals surface area contributed by atoms with Crippen LogP contribution in [0.25, 0.3) is 10.8 Å². The number of aromatic nitrogens is 2. The number of carbonyl (C=O) groups excluding carboxylic acids is 1. The summed E-state index contributed by atoms with van der Waals surface area (Å²) in [6.07, 6.45) is 0. The van der Waals surface area contributed by atoms with Crippen LogP contribution >= 0.6 is 11.6 Å². The molecule has 8 heteroatoms. The first kappa shape index (κ1) is 19.9. The van der Waals surface area contributed by atoms with Crippen molar-refractivity contribution < 1.29 is 9.53 Å². The molecule has 0 saturated heterocycles. The van der Waals surface area contributed by atoms with Crippen molar-refractivity contribution in [3.8, 4) is 5.75 Å². The number of fused-ring (bicyclic) bond motifs is 1. The molecule has 0 aliphatic carbocycles. The number of rotatable bonds is 7. The molecule has 7 nitrogen and oxygen atoms in total. The maximum Gasteiger partial charge on any atom is 0.275 e. The summed E-state index contributed by atoms with van der Waals surface area (Å²) in [5, 5.41) is 8.50. The number of hydrogen-bond donors (Lipinski definition) is 1. The van der Waals surface area contributed by atoms with Crippen LogP contribution in [0, 0.1) is 0 Å². The highest BCUT2D eigenvalue weighted by molar-refractivity contribution is 6.30. The first-order chi connectivity index (χ1) is 13.5. The zero-order valence-electron chi connectivity index (χ0n) is 15.7. The van der Waals surface area contributed by atoms with Crippen LogP contribution in [0.3, 0.4) is 0 Å². The SMILES string of the molecule is CNC(=O)c1nn(CN(C)CCOc2ccc(Cl)cc2)c(=O)c2ccccc12. The summed E-state index contributed by atoms with van der Waals surface area (Å²) in [6, 6.07) is 14.1. The summed E-state index contributed by atoms with van der Waals surface area (Å²) in [5.74, 6) is 0.388. The van der Waals surface area contributed by atoms with Gasteiger partial charge in [0.05, 0.1) is 12.1 Å². The minimum atomic E-state index is -0.335. The first-order valence-corrected chi connectivity index (χ1v) is 9.16. The second-order valence-corrected chi connectivity index (χ2v) is 6.74. The van der Waals surface area contributed by atoms with Crippen molar-refractivity contribution in [2.45, 2.75) is 6.67 Å². The molecule has 0 bridgehead atoms. The van der Waals surface area contributed by atoms with Crippen molar-refractivity contribution >= 4 is 28.3 Å². The minimum Gasteiger partial charge on any atom is -0.492 e. The summed E-state index contributed by atoms with van der Waals surface area (Å²) >= 11 is 5.86. The van der Waals surface area contributed by atoms with E-state index in [0.717, 1.165) is 5.75 Å². The highest BCUT2D eigenvalue weighted by Gasteiger charge is 2.16. The van der Waals surface area contributed by atoms with Gasteiger partial charge in [-0.1, -0.05) is 29.8 Å². The molecule has 146 valence electrons. The lowest BCUT2D eigenvalue weighted by Crippen LogP contribution is -2.35. The van der Waals surface area contributed by atoms with Crippen LogP contribution in [-0.4, -0.2) is 47.8 Å². The van der Waals surface area contributed by atoms with Gasteiger partial charge in [-0.15, -0.1) is 0 Å². The van der Waals surface area contributed by atoms with E-state index in [1.54, 1.807) is 48.5 Å². The molecule has 0 unspecified atom stereocenters. The van der Waals surface area contributed by atoms with E-state index in [-0.39, 0.29) is 23.8 Å². The molecule has 0 saturated carbocycles. The number of carbonyl (C=O) groups is 1. The summed E-state index contributed by atoms with van der Waals surface area (Å²) in [5.41, 5.74) is -0.0164. The molecular formula is C20H21ClN4O3. The van der Waals surface area contributed by atoms with E-state index in [4.69, 9.17) is 16.3 Å². The van der Waals surface area contributed by atoms with Gasteiger partial charge in [0.15, 0.2) is 5.69 Å². The van der Waals surface area contributed by atoms with Gasteiger partial charge in [0.1, 0.15) is 12.4 Å². The van der Waals surface area contributed by atoms with Crippen molar-refractivity contribution in [3.05, 3.63) is 69.6 Å². The summed E-state index contributed by atoms with van der Waals surface area (Å²) in [6.45, 7) is 1.24. The second kappa shape index (κ2) is 8.86. The number of halogens is 1. The standard InChI is InChI=1S/C20H21ClN4O3/c1-22-19(26)18-16-5-3-4-6-17(16)20(27)25(23-18)13-24(2)11-12-28-15-9-7-14(21)8-10-15/h3-10H,11-13H2,1-2H3,(H,22,26). The number of nitrogens with one attached hydrogen (secondary N) is 1. The van der Waals surface area contributed by atoms with Gasteiger partial charge in [0.25, 0.3) is 11.5 Å². The monoisotopic (exact) mass is 400 g/mol. The van der Waals surface area contributed by atoms with Gasteiger partial charge in [-0.2, -0.15) is 5.10 Å². The maximum atomic E-state index is 12.8. The molecule has 0 atom stereocenters. The second-order valence-electron chi connectivity index (χ2n) is 6.30. The van der Waals surface area contributed by atoms with Crippen LogP contribution in [0.4, 0.5) is 0 Å². The number of benzene rings is 2. The largest absolute Gasteiger partial charge is 0.492 e. The Labute approximate surface area is 167 Å². The quantitative estimate of drug-likeness (QED) is 0.659. The third-order valence-electron chi connectivity index (χ3n) is 4.24. The summed E-state index contributed by atoms with van der Waals surface area (Å²) in [7, 11) is 3.39. The van der Waals surface area contributed by atoms with Crippen LogP contribution in [-0.2, 0) is 6.67 Å². The van der Waals surface area contributed by atoms with Gasteiger partial charge >= 0.3 is 0 Å². The number of likely N-dealkylation sites (N-methyl/N-ethyl adjacent to an activating group) is 1. The van der Waals surface area contributed by atoms with E-state index in [1.807, 2.05) is 11.9 Å². The lowest BCUT2D eigenvalue weighted by atomic mass is 10.1. The average molecular weight is 401 g/mol. The van der Waals surface area contributed by atoms with E-state index in [1.165, 1.54) is 11.7 Å². The van der Waals surface area contributed by atoms with Crippen molar-refractivity contribution in [1.29, 1.82) is 0 Å². The molecule has 0 aliphatic rings. The van der Waals surface area contributed by atoms with Crippen molar-refractivity contribution in [2.75, 3.05) is 27.2 Å². The molecule has 0 spiro atoms. The van der Waals surface area contributed by atoms with Crippen LogP contribution in [0.2, 0.25) is 5.02 Å². The van der Waals surface area contributed by atoms with Gasteiger partial charge in [0, 0.05) is 24.0 Å². The average Bonchev–Trinajstić information content (AvgIpc) is 2.71. The number of hydrogen-bond acceptors (Lipinski definition) is 5. The summed E-state index contributed by atoms with van der Waals surface area (Å²) in [4.78, 5) is 26.8. The minimum absolute atomic E-state index is 0.225. The fraction of sp³-hybridized carbons (Fsp3) is 0.250. The normalized spacial score (nSPS) is 11.0. The zero-order chi connectivity index (χ0) is 20.1. The van der Waals surface area contributed by atoms with E-state index < -0.39 is 0 Å². The predicted molar refractivity (Wildman–Crippen MR) is 109 cm³/mol. The molecule has 1 N–H and O–H groups in total.